The van der Waals surface area contributed by atoms with Crippen LogP contribution in [0, 0.1) is 6.92 Å². The predicted molar refractivity (Wildman–Crippen MR) is 104 cm³/mol. The average molecular weight is 377 g/mol. The summed E-state index contributed by atoms with van der Waals surface area (Å²) in [5.74, 6) is -0.0291. The van der Waals surface area contributed by atoms with E-state index < -0.39 is 10.0 Å². The van der Waals surface area contributed by atoms with Gasteiger partial charge in [-0.15, -0.1) is 11.3 Å². The van der Waals surface area contributed by atoms with Crippen molar-refractivity contribution in [2.75, 3.05) is 21.9 Å². The second-order valence-electron chi connectivity index (χ2n) is 6.04. The Morgan fingerprint density at radius 1 is 1.32 bits per heavy atom. The maximum atomic E-state index is 12.4. The van der Waals surface area contributed by atoms with Crippen LogP contribution in [0.1, 0.15) is 23.8 Å². The van der Waals surface area contributed by atoms with Crippen molar-refractivity contribution in [2.45, 2.75) is 20.3 Å². The van der Waals surface area contributed by atoms with E-state index in [1.165, 1.54) is 4.31 Å². The number of nitrogens with zero attached hydrogens (tertiary/aromatic N) is 1. The number of benzene rings is 1. The molecule has 0 bridgehead atoms. The van der Waals surface area contributed by atoms with Gasteiger partial charge < -0.3 is 5.32 Å². The van der Waals surface area contributed by atoms with E-state index in [1.807, 2.05) is 36.6 Å². The summed E-state index contributed by atoms with van der Waals surface area (Å²) < 4.78 is 25.8. The van der Waals surface area contributed by atoms with Crippen LogP contribution in [-0.2, 0) is 14.8 Å². The highest BCUT2D eigenvalue weighted by molar-refractivity contribution is 7.93. The minimum absolute atomic E-state index is 0.172. The number of thiophene rings is 1. The third kappa shape index (κ3) is 3.93. The molecule has 1 saturated heterocycles. The van der Waals surface area contributed by atoms with Crippen LogP contribution in [0.2, 0.25) is 0 Å². The Balaban J connectivity index is 1.82. The first kappa shape index (κ1) is 17.7. The van der Waals surface area contributed by atoms with Gasteiger partial charge in [0.25, 0.3) is 5.91 Å². The molecule has 0 aliphatic carbocycles. The van der Waals surface area contributed by atoms with Crippen LogP contribution < -0.4 is 9.62 Å². The standard InChI is InChI=1S/C18H20N2O3S2/c1-13-6-7-15(12-17(13)20-8-4-10-25(20,22)23)19-18(21)14(2)11-16-5-3-9-24-16/h3,5-7,9,11-12H,4,8,10H2,1-2H3,(H,19,21)/b14-11+. The van der Waals surface area contributed by atoms with Crippen molar-refractivity contribution < 1.29 is 13.2 Å². The number of hydrogen-bond donors (Lipinski definition) is 1. The fourth-order valence-corrected chi connectivity index (χ4v) is 5.08. The highest BCUT2D eigenvalue weighted by atomic mass is 32.2. The number of carbonyl (C=O) groups excluding carboxylic acids is 1. The molecule has 132 valence electrons. The third-order valence-electron chi connectivity index (χ3n) is 4.10. The average Bonchev–Trinajstić information content (AvgIpc) is 3.18. The smallest absolute Gasteiger partial charge is 0.251 e. The molecular weight excluding hydrogens is 356 g/mol. The van der Waals surface area contributed by atoms with Crippen LogP contribution in [0.4, 0.5) is 11.4 Å². The van der Waals surface area contributed by atoms with Gasteiger partial charge in [0.1, 0.15) is 0 Å². The second kappa shape index (κ2) is 7.01. The molecule has 0 radical (unpaired) electrons. The van der Waals surface area contributed by atoms with Gasteiger partial charge in [-0.2, -0.15) is 0 Å². The zero-order valence-corrected chi connectivity index (χ0v) is 15.8. The number of hydrogen-bond acceptors (Lipinski definition) is 4. The zero-order valence-electron chi connectivity index (χ0n) is 14.2. The number of carbonyl (C=O) groups is 1. The SMILES string of the molecule is C/C(=C\c1cccs1)C(=O)Nc1ccc(C)c(N2CCCS2(=O)=O)c1. The molecule has 25 heavy (non-hydrogen) atoms. The van der Waals surface area contributed by atoms with E-state index in [2.05, 4.69) is 5.32 Å². The number of rotatable bonds is 4. The van der Waals surface area contributed by atoms with Gasteiger partial charge in [0.15, 0.2) is 0 Å². The molecule has 0 spiro atoms. The van der Waals surface area contributed by atoms with Gasteiger partial charge in [0, 0.05) is 22.7 Å². The second-order valence-corrected chi connectivity index (χ2v) is 9.03. The Bertz CT molecular complexity index is 916. The molecule has 1 aliphatic heterocycles. The van der Waals surface area contributed by atoms with Gasteiger partial charge in [-0.05, 0) is 55.5 Å². The van der Waals surface area contributed by atoms with Crippen molar-refractivity contribution in [2.24, 2.45) is 0 Å². The van der Waals surface area contributed by atoms with Crippen molar-refractivity contribution in [3.63, 3.8) is 0 Å². The third-order valence-corrected chi connectivity index (χ3v) is 6.77. The molecule has 1 fully saturated rings. The van der Waals surface area contributed by atoms with E-state index in [0.29, 0.717) is 29.9 Å². The molecule has 2 aromatic rings. The highest BCUT2D eigenvalue weighted by Gasteiger charge is 2.29. The molecule has 1 aliphatic rings. The molecule has 1 N–H and O–H groups in total. The van der Waals surface area contributed by atoms with Crippen molar-refractivity contribution >= 4 is 44.7 Å². The fourth-order valence-electron chi connectivity index (χ4n) is 2.75. The van der Waals surface area contributed by atoms with E-state index in [1.54, 1.807) is 30.4 Å². The summed E-state index contributed by atoms with van der Waals surface area (Å²) in [6.07, 6.45) is 2.46. The summed E-state index contributed by atoms with van der Waals surface area (Å²) in [6, 6.07) is 9.23. The molecule has 3 rings (SSSR count). The molecule has 0 unspecified atom stereocenters. The van der Waals surface area contributed by atoms with Gasteiger partial charge in [-0.25, -0.2) is 8.42 Å². The molecule has 5 nitrogen and oxygen atoms in total. The minimum Gasteiger partial charge on any atom is -0.322 e. The van der Waals surface area contributed by atoms with Crippen LogP contribution in [-0.4, -0.2) is 26.6 Å². The monoisotopic (exact) mass is 376 g/mol. The maximum Gasteiger partial charge on any atom is 0.251 e. The molecule has 1 amide bonds. The lowest BCUT2D eigenvalue weighted by atomic mass is 10.1. The molecule has 0 saturated carbocycles. The number of anilines is 2. The van der Waals surface area contributed by atoms with Crippen LogP contribution in [0.3, 0.4) is 0 Å². The van der Waals surface area contributed by atoms with Crippen LogP contribution in [0.5, 0.6) is 0 Å². The highest BCUT2D eigenvalue weighted by Crippen LogP contribution is 2.30. The summed E-state index contributed by atoms with van der Waals surface area (Å²) in [5, 5.41) is 4.81. The van der Waals surface area contributed by atoms with Gasteiger partial charge in [0.2, 0.25) is 10.0 Å². The first-order valence-electron chi connectivity index (χ1n) is 8.01. The van der Waals surface area contributed by atoms with Crippen molar-refractivity contribution in [3.05, 3.63) is 51.7 Å². The van der Waals surface area contributed by atoms with E-state index in [9.17, 15) is 13.2 Å². The van der Waals surface area contributed by atoms with Crippen LogP contribution in [0.25, 0.3) is 6.08 Å². The van der Waals surface area contributed by atoms with Crippen molar-refractivity contribution in [1.29, 1.82) is 0 Å². The lowest BCUT2D eigenvalue weighted by Crippen LogP contribution is -2.26. The fraction of sp³-hybridized carbons (Fsp3) is 0.278. The molecular formula is C18H20N2O3S2. The molecule has 0 atom stereocenters. The molecule has 1 aromatic heterocycles. The number of nitrogens with one attached hydrogen (secondary N) is 1. The van der Waals surface area contributed by atoms with E-state index in [4.69, 9.17) is 0 Å². The number of amides is 1. The van der Waals surface area contributed by atoms with Crippen molar-refractivity contribution in [1.82, 2.24) is 0 Å². The largest absolute Gasteiger partial charge is 0.322 e. The lowest BCUT2D eigenvalue weighted by Gasteiger charge is -2.20. The molecule has 1 aromatic carbocycles. The Morgan fingerprint density at radius 3 is 2.76 bits per heavy atom. The predicted octanol–water partition coefficient (Wildman–Crippen LogP) is 3.64. The summed E-state index contributed by atoms with van der Waals surface area (Å²) in [7, 11) is -3.25. The Hall–Kier alpha value is -2.12. The summed E-state index contributed by atoms with van der Waals surface area (Å²) in [5.41, 5.74) is 2.69. The Kier molecular flexibility index (Phi) is 4.96. The summed E-state index contributed by atoms with van der Waals surface area (Å²) in [4.78, 5) is 13.4. The van der Waals surface area contributed by atoms with E-state index >= 15 is 0 Å². The number of aryl methyl sites for hydroxylation is 1. The zero-order chi connectivity index (χ0) is 18.0. The van der Waals surface area contributed by atoms with Gasteiger partial charge in [-0.3, -0.25) is 9.10 Å². The molecule has 2 heterocycles. The Morgan fingerprint density at radius 2 is 2.12 bits per heavy atom. The topological polar surface area (TPSA) is 66.5 Å². The minimum atomic E-state index is -3.25. The van der Waals surface area contributed by atoms with Crippen LogP contribution in [0.15, 0.2) is 41.3 Å². The molecule has 7 heteroatoms. The van der Waals surface area contributed by atoms with E-state index in [0.717, 1.165) is 10.4 Å². The number of sulfonamides is 1. The van der Waals surface area contributed by atoms with Crippen LogP contribution >= 0.6 is 11.3 Å². The first-order valence-corrected chi connectivity index (χ1v) is 10.5. The summed E-state index contributed by atoms with van der Waals surface area (Å²) in [6.45, 7) is 4.11. The lowest BCUT2D eigenvalue weighted by molar-refractivity contribution is -0.112. The first-order chi connectivity index (χ1) is 11.9. The maximum absolute atomic E-state index is 12.4. The van der Waals surface area contributed by atoms with E-state index in [-0.39, 0.29) is 11.7 Å². The quantitative estimate of drug-likeness (QED) is 0.829. The summed E-state index contributed by atoms with van der Waals surface area (Å²) >= 11 is 1.57. The van der Waals surface area contributed by atoms with Gasteiger partial charge in [0.05, 0.1) is 11.4 Å². The van der Waals surface area contributed by atoms with Gasteiger partial charge in [-0.1, -0.05) is 12.1 Å². The normalized spacial score (nSPS) is 16.9. The van der Waals surface area contributed by atoms with Gasteiger partial charge >= 0.3 is 0 Å². The Labute approximate surface area is 152 Å². The van der Waals surface area contributed by atoms with Crippen molar-refractivity contribution in [3.8, 4) is 0 Å².